The van der Waals surface area contributed by atoms with E-state index in [0.29, 0.717) is 5.92 Å². The second-order valence-electron chi connectivity index (χ2n) is 4.15. The molecular weight excluding hydrogens is 180 g/mol. The average Bonchev–Trinajstić information content (AvgIpc) is 2.78. The van der Waals surface area contributed by atoms with E-state index in [9.17, 15) is 0 Å². The van der Waals surface area contributed by atoms with Crippen molar-refractivity contribution >= 4 is 12.2 Å². The van der Waals surface area contributed by atoms with Gasteiger partial charge in [0.1, 0.15) is 0 Å². The summed E-state index contributed by atoms with van der Waals surface area (Å²) in [4.78, 5) is 0. The second kappa shape index (κ2) is 3.54. The lowest BCUT2D eigenvalue weighted by Gasteiger charge is -2.13. The molecule has 1 unspecified atom stereocenters. The number of fused-ring (bicyclic) bond motifs is 1. The lowest BCUT2D eigenvalue weighted by Crippen LogP contribution is -2.26. The van der Waals surface area contributed by atoms with Gasteiger partial charge in [-0.1, -0.05) is 54.7 Å². The maximum Gasteiger partial charge on any atom is 0.00617 e. The first-order valence-corrected chi connectivity index (χ1v) is 5.58. The van der Waals surface area contributed by atoms with E-state index in [1.807, 2.05) is 0 Å². The van der Waals surface area contributed by atoms with Gasteiger partial charge in [0.2, 0.25) is 0 Å². The van der Waals surface area contributed by atoms with Crippen molar-refractivity contribution in [1.82, 2.24) is 0 Å². The molecule has 1 aromatic carbocycles. The Hall–Kier alpha value is -1.56. The van der Waals surface area contributed by atoms with E-state index in [-0.39, 0.29) is 0 Å². The van der Waals surface area contributed by atoms with Crippen molar-refractivity contribution in [3.8, 4) is 0 Å². The molecule has 0 N–H and O–H groups in total. The fourth-order valence-corrected chi connectivity index (χ4v) is 2.45. The molecule has 0 saturated heterocycles. The third-order valence-electron chi connectivity index (χ3n) is 3.21. The summed E-state index contributed by atoms with van der Waals surface area (Å²) in [5.74, 6) is 0.577. The van der Waals surface area contributed by atoms with E-state index in [2.05, 4.69) is 54.7 Å². The van der Waals surface area contributed by atoms with E-state index in [1.54, 1.807) is 0 Å². The van der Waals surface area contributed by atoms with Gasteiger partial charge in [0.15, 0.2) is 0 Å². The third kappa shape index (κ3) is 1.46. The summed E-state index contributed by atoms with van der Waals surface area (Å²) in [6.07, 6.45) is 15.7. The minimum Gasteiger partial charge on any atom is -0.0836 e. The van der Waals surface area contributed by atoms with Crippen LogP contribution in [0.3, 0.4) is 0 Å². The number of allylic oxidation sites excluding steroid dienone is 4. The molecule has 0 heterocycles. The molecule has 0 heteroatoms. The third-order valence-corrected chi connectivity index (χ3v) is 3.21. The highest BCUT2D eigenvalue weighted by molar-refractivity contribution is 5.50. The van der Waals surface area contributed by atoms with Gasteiger partial charge in [-0.05, 0) is 28.8 Å². The average molecular weight is 194 g/mol. The fourth-order valence-electron chi connectivity index (χ4n) is 2.45. The topological polar surface area (TPSA) is 0 Å². The SMILES string of the molecule is C1=CCC(c2cccc3c2=CCC=3)C=C1. The van der Waals surface area contributed by atoms with Crippen LogP contribution in [-0.2, 0) is 0 Å². The van der Waals surface area contributed by atoms with Gasteiger partial charge in [-0.25, -0.2) is 0 Å². The molecule has 3 rings (SSSR count). The van der Waals surface area contributed by atoms with Crippen molar-refractivity contribution in [2.75, 3.05) is 0 Å². The largest absolute Gasteiger partial charge is 0.0836 e. The molecule has 0 saturated carbocycles. The first-order valence-electron chi connectivity index (χ1n) is 5.58. The Morgan fingerprint density at radius 3 is 2.93 bits per heavy atom. The summed E-state index contributed by atoms with van der Waals surface area (Å²) in [5, 5.41) is 2.87. The van der Waals surface area contributed by atoms with Gasteiger partial charge in [0.05, 0.1) is 0 Å². The Labute approximate surface area is 89.9 Å². The van der Waals surface area contributed by atoms with Crippen LogP contribution in [-0.4, -0.2) is 0 Å². The van der Waals surface area contributed by atoms with E-state index < -0.39 is 0 Å². The van der Waals surface area contributed by atoms with E-state index in [0.717, 1.165) is 12.8 Å². The number of hydrogen-bond donors (Lipinski definition) is 0. The van der Waals surface area contributed by atoms with E-state index in [1.165, 1.54) is 16.0 Å². The van der Waals surface area contributed by atoms with Crippen LogP contribution in [0.2, 0.25) is 0 Å². The molecule has 2 aliphatic carbocycles. The Morgan fingerprint density at radius 1 is 1.07 bits per heavy atom. The smallest absolute Gasteiger partial charge is 0.00617 e. The highest BCUT2D eigenvalue weighted by atomic mass is 14.1. The summed E-state index contributed by atoms with van der Waals surface area (Å²) >= 11 is 0. The standard InChI is InChI=1S/C15H14/c1-2-6-12(7-3-1)14-10-4-8-13-9-5-11-15(13)14/h1-4,6,8-12H,5,7H2. The first kappa shape index (κ1) is 8.72. The molecule has 0 amide bonds. The van der Waals surface area contributed by atoms with Crippen molar-refractivity contribution in [2.24, 2.45) is 0 Å². The highest BCUT2D eigenvalue weighted by Crippen LogP contribution is 2.21. The van der Waals surface area contributed by atoms with Crippen LogP contribution in [0.25, 0.3) is 12.2 Å². The number of rotatable bonds is 1. The van der Waals surface area contributed by atoms with E-state index in [4.69, 9.17) is 0 Å². The van der Waals surface area contributed by atoms with Gasteiger partial charge in [-0.3, -0.25) is 0 Å². The summed E-state index contributed by atoms with van der Waals surface area (Å²) < 4.78 is 0. The van der Waals surface area contributed by atoms with Gasteiger partial charge in [-0.15, -0.1) is 0 Å². The first-order chi connectivity index (χ1) is 7.45. The zero-order chi connectivity index (χ0) is 10.1. The second-order valence-corrected chi connectivity index (χ2v) is 4.15. The molecule has 0 radical (unpaired) electrons. The lowest BCUT2D eigenvalue weighted by molar-refractivity contribution is 0.845. The summed E-state index contributed by atoms with van der Waals surface area (Å²) in [6, 6.07) is 6.66. The van der Waals surface area contributed by atoms with Crippen molar-refractivity contribution in [1.29, 1.82) is 0 Å². The molecule has 1 aromatic rings. The lowest BCUT2D eigenvalue weighted by atomic mass is 9.91. The van der Waals surface area contributed by atoms with Crippen LogP contribution in [0, 0.1) is 0 Å². The Bertz CT molecular complexity index is 544. The molecule has 2 aliphatic rings. The molecule has 0 nitrogen and oxygen atoms in total. The zero-order valence-corrected chi connectivity index (χ0v) is 8.69. The monoisotopic (exact) mass is 194 g/mol. The van der Waals surface area contributed by atoms with Gasteiger partial charge < -0.3 is 0 Å². The molecule has 0 fully saturated rings. The molecule has 15 heavy (non-hydrogen) atoms. The minimum atomic E-state index is 0.577. The van der Waals surface area contributed by atoms with Crippen molar-refractivity contribution in [3.05, 3.63) is 58.5 Å². The maximum atomic E-state index is 2.34. The molecule has 74 valence electrons. The normalized spacial score (nSPS) is 22.0. The predicted octanol–water partition coefficient (Wildman–Crippen LogP) is 2.25. The maximum absolute atomic E-state index is 2.34. The van der Waals surface area contributed by atoms with Crippen molar-refractivity contribution < 1.29 is 0 Å². The summed E-state index contributed by atoms with van der Waals surface area (Å²) in [7, 11) is 0. The molecule has 1 atom stereocenters. The Kier molecular flexibility index (Phi) is 2.06. The van der Waals surface area contributed by atoms with Crippen LogP contribution in [0.1, 0.15) is 24.3 Å². The van der Waals surface area contributed by atoms with Crippen LogP contribution in [0.5, 0.6) is 0 Å². The quantitative estimate of drug-likeness (QED) is 0.643. The van der Waals surface area contributed by atoms with Gasteiger partial charge >= 0.3 is 0 Å². The van der Waals surface area contributed by atoms with Gasteiger partial charge in [0, 0.05) is 5.92 Å². The Balaban J connectivity index is 2.15. The highest BCUT2D eigenvalue weighted by Gasteiger charge is 2.10. The van der Waals surface area contributed by atoms with Crippen LogP contribution in [0.15, 0.2) is 42.5 Å². The number of hydrogen-bond acceptors (Lipinski definition) is 0. The van der Waals surface area contributed by atoms with Crippen LogP contribution >= 0.6 is 0 Å². The molecule has 0 aromatic heterocycles. The van der Waals surface area contributed by atoms with Gasteiger partial charge in [-0.2, -0.15) is 0 Å². The number of benzene rings is 1. The zero-order valence-electron chi connectivity index (χ0n) is 8.69. The van der Waals surface area contributed by atoms with Crippen molar-refractivity contribution in [2.45, 2.75) is 18.8 Å². The molecule has 0 aliphatic heterocycles. The molecular formula is C15H14. The van der Waals surface area contributed by atoms with Crippen LogP contribution in [0.4, 0.5) is 0 Å². The Morgan fingerprint density at radius 2 is 2.07 bits per heavy atom. The fraction of sp³-hybridized carbons (Fsp3) is 0.200. The predicted molar refractivity (Wildman–Crippen MR) is 64.9 cm³/mol. The summed E-state index contributed by atoms with van der Waals surface area (Å²) in [6.45, 7) is 0. The molecule has 0 spiro atoms. The van der Waals surface area contributed by atoms with Crippen LogP contribution < -0.4 is 10.4 Å². The van der Waals surface area contributed by atoms with E-state index >= 15 is 0 Å². The molecule has 0 bridgehead atoms. The summed E-state index contributed by atoms with van der Waals surface area (Å²) in [5.41, 5.74) is 1.49. The van der Waals surface area contributed by atoms with Gasteiger partial charge in [0.25, 0.3) is 0 Å². The van der Waals surface area contributed by atoms with Crippen molar-refractivity contribution in [3.63, 3.8) is 0 Å². The minimum absolute atomic E-state index is 0.577.